The Kier molecular flexibility index (Phi) is 17.3. The van der Waals surface area contributed by atoms with Gasteiger partial charge in [-0.25, -0.2) is 13.2 Å². The van der Waals surface area contributed by atoms with Crippen molar-refractivity contribution in [2.24, 2.45) is 0 Å². The second kappa shape index (κ2) is 18.1. The molecule has 0 atom stereocenters. The third-order valence-corrected chi connectivity index (χ3v) is 7.11. The van der Waals surface area contributed by atoms with Crippen LogP contribution in [-0.2, 0) is 14.4 Å². The van der Waals surface area contributed by atoms with Gasteiger partial charge in [0.25, 0.3) is 0 Å². The van der Waals surface area contributed by atoms with Crippen LogP contribution in [0.2, 0.25) is 0 Å². The first-order valence-corrected chi connectivity index (χ1v) is 13.3. The van der Waals surface area contributed by atoms with Crippen molar-refractivity contribution in [3.63, 3.8) is 0 Å². The molecule has 0 fully saturated rings. The molecule has 0 aliphatic heterocycles. The predicted molar refractivity (Wildman–Crippen MR) is 134 cm³/mol. The summed E-state index contributed by atoms with van der Waals surface area (Å²) in [6.07, 6.45) is 0. The molecular weight excluding hydrogens is 803 g/mol. The van der Waals surface area contributed by atoms with Crippen molar-refractivity contribution < 1.29 is 118 Å². The molecule has 0 amide bonds. The molecule has 3 heterocycles. The Morgan fingerprint density at radius 1 is 0.488 bits per heavy atom. The van der Waals surface area contributed by atoms with E-state index in [9.17, 15) is 68.3 Å². The number of carbonyl (C=O) groups excluding carboxylic acids is 6. The molecule has 19 heteroatoms. The Bertz CT molecular complexity index is 1210. The molecule has 3 aromatic heterocycles. The van der Waals surface area contributed by atoms with Gasteiger partial charge in [-0.15, -0.1) is 34.0 Å². The van der Waals surface area contributed by atoms with E-state index in [1.807, 2.05) is 0 Å². The molecular formula is C24H15EuF9O6S3. The number of thiophene rings is 3. The molecule has 3 rings (SSSR count). The van der Waals surface area contributed by atoms with Crippen LogP contribution in [0, 0.1) is 49.4 Å². The third-order valence-electron chi connectivity index (χ3n) is 4.51. The van der Waals surface area contributed by atoms with Gasteiger partial charge in [0.2, 0.25) is 34.7 Å². The molecule has 0 saturated heterocycles. The number of hydrogen-bond donors (Lipinski definition) is 0. The number of ketones is 6. The monoisotopic (exact) mass is 819 g/mol. The van der Waals surface area contributed by atoms with E-state index in [1.54, 1.807) is 0 Å². The normalized spacial score (nSPS) is 11.1. The van der Waals surface area contributed by atoms with E-state index in [-0.39, 0.29) is 64.0 Å². The minimum Gasteiger partial charge on any atom is -0.289 e. The first kappa shape index (κ1) is 41.1. The Morgan fingerprint density at radius 3 is 0.837 bits per heavy atom. The summed E-state index contributed by atoms with van der Waals surface area (Å²) in [5.41, 5.74) is 0. The SMILES string of the molecule is O=C(CF)C(F)(F)C(=O)c1cccs1.O=C(CF)C(F)(F)C(=O)c1cccs1.O=C(CF)C(F)(F)C(=O)c1cccs1.[Eu]. The summed E-state index contributed by atoms with van der Waals surface area (Å²) >= 11 is 2.34. The van der Waals surface area contributed by atoms with E-state index >= 15 is 0 Å². The van der Waals surface area contributed by atoms with Crippen LogP contribution in [0.25, 0.3) is 0 Å². The summed E-state index contributed by atoms with van der Waals surface area (Å²) in [7, 11) is 0. The molecule has 235 valence electrons. The summed E-state index contributed by atoms with van der Waals surface area (Å²) in [5.74, 6) is -23.7. The first-order chi connectivity index (χ1) is 19.5. The van der Waals surface area contributed by atoms with Crippen LogP contribution in [0.4, 0.5) is 39.5 Å². The van der Waals surface area contributed by atoms with Gasteiger partial charge in [0.05, 0.1) is 14.6 Å². The van der Waals surface area contributed by atoms with Crippen LogP contribution in [0.1, 0.15) is 29.0 Å². The van der Waals surface area contributed by atoms with Gasteiger partial charge in [0.15, 0.2) is 20.0 Å². The summed E-state index contributed by atoms with van der Waals surface area (Å²) in [6.45, 7) is -5.53. The molecule has 43 heavy (non-hydrogen) atoms. The van der Waals surface area contributed by atoms with Gasteiger partial charge in [-0.1, -0.05) is 18.2 Å². The number of rotatable bonds is 12. The first-order valence-electron chi connectivity index (χ1n) is 10.7. The van der Waals surface area contributed by atoms with Gasteiger partial charge in [-0.05, 0) is 34.3 Å². The molecule has 3 aromatic rings. The zero-order valence-corrected chi connectivity index (χ0v) is 25.6. The molecule has 0 spiro atoms. The largest absolute Gasteiger partial charge is 0.370 e. The van der Waals surface area contributed by atoms with Crippen molar-refractivity contribution in [3.8, 4) is 0 Å². The molecule has 0 aliphatic rings. The van der Waals surface area contributed by atoms with Crippen molar-refractivity contribution in [3.05, 3.63) is 67.2 Å². The van der Waals surface area contributed by atoms with Gasteiger partial charge in [0, 0.05) is 49.4 Å². The Morgan fingerprint density at radius 2 is 0.698 bits per heavy atom. The molecule has 0 bridgehead atoms. The maximum atomic E-state index is 12.8. The number of alkyl halides is 9. The van der Waals surface area contributed by atoms with E-state index in [1.165, 1.54) is 34.3 Å². The van der Waals surface area contributed by atoms with E-state index in [0.29, 0.717) is 0 Å². The van der Waals surface area contributed by atoms with Gasteiger partial charge < -0.3 is 0 Å². The van der Waals surface area contributed by atoms with Crippen LogP contribution in [0.3, 0.4) is 0 Å². The zero-order chi connectivity index (χ0) is 32.3. The number of halogens is 9. The molecule has 6 nitrogen and oxygen atoms in total. The van der Waals surface area contributed by atoms with Gasteiger partial charge >= 0.3 is 17.8 Å². The van der Waals surface area contributed by atoms with Crippen molar-refractivity contribution in [1.82, 2.24) is 0 Å². The maximum Gasteiger partial charge on any atom is 0.370 e. The van der Waals surface area contributed by atoms with Crippen LogP contribution in [-0.4, -0.2) is 72.5 Å². The Labute approximate surface area is 288 Å². The quantitative estimate of drug-likeness (QED) is 0.121. The van der Waals surface area contributed by atoms with E-state index in [4.69, 9.17) is 0 Å². The van der Waals surface area contributed by atoms with Gasteiger partial charge in [-0.2, -0.15) is 26.3 Å². The summed E-state index contributed by atoms with van der Waals surface area (Å²) < 4.78 is 112. The second-order valence-electron chi connectivity index (χ2n) is 7.31. The molecule has 0 aliphatic carbocycles. The predicted octanol–water partition coefficient (Wildman–Crippen LogP) is 6.31. The minimum atomic E-state index is -4.25. The van der Waals surface area contributed by atoms with Crippen molar-refractivity contribution in [1.29, 1.82) is 0 Å². The van der Waals surface area contributed by atoms with Crippen molar-refractivity contribution in [2.45, 2.75) is 17.8 Å². The van der Waals surface area contributed by atoms with E-state index < -0.39 is 72.5 Å². The number of hydrogen-bond acceptors (Lipinski definition) is 9. The fourth-order valence-corrected chi connectivity index (χ4v) is 4.41. The minimum absolute atomic E-state index is 0. The molecule has 1 radical (unpaired) electrons. The number of Topliss-reactive ketones (excluding diaryl/α,β-unsaturated/α-hetero) is 6. The van der Waals surface area contributed by atoms with Crippen molar-refractivity contribution >= 4 is 68.7 Å². The van der Waals surface area contributed by atoms with Crippen molar-refractivity contribution in [2.75, 3.05) is 20.0 Å². The summed E-state index contributed by atoms with van der Waals surface area (Å²) in [4.78, 5) is 63.5. The summed E-state index contributed by atoms with van der Waals surface area (Å²) in [6, 6.07) is 7.67. The maximum absolute atomic E-state index is 12.8. The average molecular weight is 819 g/mol. The van der Waals surface area contributed by atoms with Crippen LogP contribution in [0.15, 0.2) is 52.5 Å². The molecule has 0 aromatic carbocycles. The fraction of sp³-hybridized carbons (Fsp3) is 0.250. The Balaban J connectivity index is 0.000000608. The molecule has 0 unspecified atom stereocenters. The van der Waals surface area contributed by atoms with E-state index in [0.717, 1.165) is 52.2 Å². The van der Waals surface area contributed by atoms with Crippen LogP contribution < -0.4 is 0 Å². The van der Waals surface area contributed by atoms with Crippen LogP contribution >= 0.6 is 34.0 Å². The fourth-order valence-electron chi connectivity index (χ4n) is 2.32. The second-order valence-corrected chi connectivity index (χ2v) is 10.2. The molecule has 0 saturated carbocycles. The standard InChI is InChI=1S/3C8H5F3O2S.Eu/c3*9-4-6(12)8(10,11)7(13)5-2-1-3-14-5;/h3*1-3H,4H2;. The topological polar surface area (TPSA) is 102 Å². The zero-order valence-electron chi connectivity index (χ0n) is 20.8. The van der Waals surface area contributed by atoms with Gasteiger partial charge in [-0.3, -0.25) is 28.8 Å². The van der Waals surface area contributed by atoms with Crippen LogP contribution in [0.5, 0.6) is 0 Å². The number of carbonyl (C=O) groups is 6. The average Bonchev–Trinajstić information content (AvgIpc) is 3.78. The third kappa shape index (κ3) is 10.9. The molecule has 0 N–H and O–H groups in total. The van der Waals surface area contributed by atoms with Gasteiger partial charge in [0.1, 0.15) is 0 Å². The van der Waals surface area contributed by atoms with E-state index in [2.05, 4.69) is 0 Å². The Hall–Kier alpha value is -1.93. The smallest absolute Gasteiger partial charge is 0.289 e. The summed E-state index contributed by atoms with van der Waals surface area (Å²) in [5, 5.41) is 4.26.